The van der Waals surface area contributed by atoms with Crippen LogP contribution in [0.25, 0.3) is 0 Å². The quantitative estimate of drug-likeness (QED) is 0.645. The van der Waals surface area contributed by atoms with Crippen molar-refractivity contribution in [3.8, 4) is 0 Å². The summed E-state index contributed by atoms with van der Waals surface area (Å²) in [7, 11) is 0. The molecule has 1 N–H and O–H groups in total. The second kappa shape index (κ2) is 5.81. The molecule has 0 atom stereocenters. The maximum Gasteiger partial charge on any atom is 0.336 e. The van der Waals surface area contributed by atoms with Gasteiger partial charge in [-0.2, -0.15) is 0 Å². The van der Waals surface area contributed by atoms with Crippen molar-refractivity contribution < 1.29 is 18.7 Å². The van der Waals surface area contributed by atoms with E-state index in [4.69, 9.17) is 9.15 Å². The highest BCUT2D eigenvalue weighted by molar-refractivity contribution is 6.09. The van der Waals surface area contributed by atoms with Crippen LogP contribution in [0.4, 0.5) is 0 Å². The molecule has 1 aromatic rings. The summed E-state index contributed by atoms with van der Waals surface area (Å²) in [6, 6.07) is 1.33. The van der Waals surface area contributed by atoms with Crippen LogP contribution in [-0.4, -0.2) is 24.5 Å². The Morgan fingerprint density at radius 2 is 2.10 bits per heavy atom. The van der Waals surface area contributed by atoms with E-state index in [9.17, 15) is 14.4 Å². The number of carbonyl (C=O) groups excluding carboxylic acids is 2. The highest BCUT2D eigenvalue weighted by atomic mass is 16.5. The van der Waals surface area contributed by atoms with E-state index in [1.807, 2.05) is 0 Å². The van der Waals surface area contributed by atoms with Gasteiger partial charge in [0, 0.05) is 12.7 Å². The predicted molar refractivity (Wildman–Crippen MR) is 73.1 cm³/mol. The number of imide groups is 1. The number of aryl methyl sites for hydroxylation is 1. The van der Waals surface area contributed by atoms with Crippen molar-refractivity contribution in [2.75, 3.05) is 6.61 Å². The molecule has 6 heteroatoms. The van der Waals surface area contributed by atoms with Crippen molar-refractivity contribution in [1.29, 1.82) is 0 Å². The molecule has 1 fully saturated rings. The van der Waals surface area contributed by atoms with Crippen LogP contribution in [0.15, 0.2) is 15.3 Å². The fraction of sp³-hybridized carbons (Fsp3) is 0.533. The van der Waals surface area contributed by atoms with Gasteiger partial charge in [0.2, 0.25) is 5.91 Å². The Bertz CT molecular complexity index is 629. The zero-order valence-electron chi connectivity index (χ0n) is 11.6. The molecule has 6 nitrogen and oxygen atoms in total. The van der Waals surface area contributed by atoms with Crippen LogP contribution in [0, 0.1) is 0 Å². The standard InChI is InChI=1S/C15H17NO5/c17-12-8-11-14(15(19)16-12)9(7-13(18)21-11)3-2-6-20-10-4-1-5-10/h7,10H,1-6,8H2,(H,16,17,19). The van der Waals surface area contributed by atoms with Gasteiger partial charge in [0.1, 0.15) is 5.76 Å². The summed E-state index contributed by atoms with van der Waals surface area (Å²) in [4.78, 5) is 34.7. The number of rotatable bonds is 5. The molecule has 0 bridgehead atoms. The lowest BCUT2D eigenvalue weighted by atomic mass is 9.96. The van der Waals surface area contributed by atoms with Crippen molar-refractivity contribution in [3.63, 3.8) is 0 Å². The first kappa shape index (κ1) is 14.0. The smallest absolute Gasteiger partial charge is 0.336 e. The Morgan fingerprint density at radius 1 is 1.29 bits per heavy atom. The van der Waals surface area contributed by atoms with Crippen LogP contribution < -0.4 is 10.9 Å². The van der Waals surface area contributed by atoms with E-state index in [-0.39, 0.29) is 12.2 Å². The third kappa shape index (κ3) is 3.05. The number of fused-ring (bicyclic) bond motifs is 1. The van der Waals surface area contributed by atoms with Crippen molar-refractivity contribution >= 4 is 11.8 Å². The minimum atomic E-state index is -0.522. The van der Waals surface area contributed by atoms with Gasteiger partial charge >= 0.3 is 5.63 Å². The highest BCUT2D eigenvalue weighted by Crippen LogP contribution is 2.22. The van der Waals surface area contributed by atoms with Crippen molar-refractivity contribution in [1.82, 2.24) is 5.32 Å². The minimum Gasteiger partial charge on any atom is -0.426 e. The summed E-state index contributed by atoms with van der Waals surface area (Å²) in [6.45, 7) is 0.611. The maximum absolute atomic E-state index is 11.9. The minimum absolute atomic E-state index is 0.0667. The van der Waals surface area contributed by atoms with Gasteiger partial charge in [-0.3, -0.25) is 14.9 Å². The van der Waals surface area contributed by atoms with Crippen LogP contribution in [0.1, 0.15) is 47.4 Å². The third-order valence-electron chi connectivity index (χ3n) is 3.91. The Balaban J connectivity index is 1.70. The molecule has 1 aliphatic heterocycles. The monoisotopic (exact) mass is 291 g/mol. The van der Waals surface area contributed by atoms with Gasteiger partial charge in [0.05, 0.1) is 18.1 Å². The molecule has 0 unspecified atom stereocenters. The lowest BCUT2D eigenvalue weighted by Crippen LogP contribution is -2.38. The molecule has 0 aromatic carbocycles. The molecule has 112 valence electrons. The number of ether oxygens (including phenoxy) is 1. The van der Waals surface area contributed by atoms with E-state index in [2.05, 4.69) is 5.32 Å². The van der Waals surface area contributed by atoms with Gasteiger partial charge in [-0.15, -0.1) is 0 Å². The summed E-state index contributed by atoms with van der Waals surface area (Å²) < 4.78 is 10.6. The Labute approximate surface area is 121 Å². The molecule has 1 saturated carbocycles. The number of hydrogen-bond acceptors (Lipinski definition) is 5. The summed E-state index contributed by atoms with van der Waals surface area (Å²) in [6.07, 6.45) is 5.06. The normalized spacial score (nSPS) is 18.1. The average molecular weight is 291 g/mol. The Morgan fingerprint density at radius 3 is 2.81 bits per heavy atom. The van der Waals surface area contributed by atoms with Crippen LogP contribution in [0.2, 0.25) is 0 Å². The molecule has 1 aromatic heterocycles. The molecule has 0 spiro atoms. The van der Waals surface area contributed by atoms with E-state index in [0.717, 1.165) is 19.3 Å². The van der Waals surface area contributed by atoms with E-state index in [1.54, 1.807) is 0 Å². The second-order valence-corrected chi connectivity index (χ2v) is 5.47. The first-order chi connectivity index (χ1) is 10.1. The van der Waals surface area contributed by atoms with Gasteiger partial charge in [0.15, 0.2) is 0 Å². The molecule has 2 amide bonds. The fourth-order valence-electron chi connectivity index (χ4n) is 2.62. The van der Waals surface area contributed by atoms with Crippen molar-refractivity contribution in [2.24, 2.45) is 0 Å². The fourth-order valence-corrected chi connectivity index (χ4v) is 2.62. The van der Waals surface area contributed by atoms with Crippen LogP contribution in [0.3, 0.4) is 0 Å². The number of nitrogens with one attached hydrogen (secondary N) is 1. The van der Waals surface area contributed by atoms with Gasteiger partial charge in [-0.1, -0.05) is 0 Å². The van der Waals surface area contributed by atoms with Gasteiger partial charge in [0.25, 0.3) is 5.91 Å². The molecule has 3 rings (SSSR count). The van der Waals surface area contributed by atoms with Gasteiger partial charge in [-0.05, 0) is 37.7 Å². The molecule has 0 radical (unpaired) electrons. The van der Waals surface area contributed by atoms with E-state index < -0.39 is 17.4 Å². The number of amides is 2. The van der Waals surface area contributed by atoms with Crippen molar-refractivity contribution in [3.05, 3.63) is 33.4 Å². The summed E-state index contributed by atoms with van der Waals surface area (Å²) in [5.74, 6) is -0.757. The predicted octanol–water partition coefficient (Wildman–Crippen LogP) is 0.954. The number of hydrogen-bond donors (Lipinski definition) is 1. The van der Waals surface area contributed by atoms with Crippen LogP contribution >= 0.6 is 0 Å². The summed E-state index contributed by atoms with van der Waals surface area (Å²) in [5.41, 5.74) is 0.437. The topological polar surface area (TPSA) is 85.6 Å². The molecule has 21 heavy (non-hydrogen) atoms. The highest BCUT2D eigenvalue weighted by Gasteiger charge is 2.28. The summed E-state index contributed by atoms with van der Waals surface area (Å²) in [5, 5.41) is 2.25. The SMILES string of the molecule is O=C1Cc2oc(=O)cc(CCCOC3CCC3)c2C(=O)N1. The molecule has 2 aliphatic rings. The lowest BCUT2D eigenvalue weighted by Gasteiger charge is -2.25. The van der Waals surface area contributed by atoms with Crippen molar-refractivity contribution in [2.45, 2.75) is 44.6 Å². The van der Waals surface area contributed by atoms with Gasteiger partial charge in [-0.25, -0.2) is 4.79 Å². The zero-order chi connectivity index (χ0) is 14.8. The molecule has 1 aliphatic carbocycles. The second-order valence-electron chi connectivity index (χ2n) is 5.47. The van der Waals surface area contributed by atoms with E-state index >= 15 is 0 Å². The first-order valence-corrected chi connectivity index (χ1v) is 7.25. The Hall–Kier alpha value is -1.95. The summed E-state index contributed by atoms with van der Waals surface area (Å²) >= 11 is 0. The lowest BCUT2D eigenvalue weighted by molar-refractivity contribution is -0.120. The first-order valence-electron chi connectivity index (χ1n) is 7.25. The van der Waals surface area contributed by atoms with E-state index in [1.165, 1.54) is 12.5 Å². The van der Waals surface area contributed by atoms with E-state index in [0.29, 0.717) is 30.3 Å². The zero-order valence-corrected chi connectivity index (χ0v) is 11.6. The van der Waals surface area contributed by atoms with Crippen LogP contribution in [-0.2, 0) is 22.4 Å². The largest absolute Gasteiger partial charge is 0.426 e. The maximum atomic E-state index is 11.9. The average Bonchev–Trinajstić information content (AvgIpc) is 2.34. The molecule has 2 heterocycles. The number of carbonyl (C=O) groups is 2. The molecular weight excluding hydrogens is 274 g/mol. The van der Waals surface area contributed by atoms with Gasteiger partial charge < -0.3 is 9.15 Å². The van der Waals surface area contributed by atoms with Crippen LogP contribution in [0.5, 0.6) is 0 Å². The molecular formula is C15H17NO5. The molecule has 0 saturated heterocycles. The Kier molecular flexibility index (Phi) is 3.88. The third-order valence-corrected chi connectivity index (χ3v) is 3.91.